The van der Waals surface area contributed by atoms with Gasteiger partial charge >= 0.3 is 6.03 Å². The third kappa shape index (κ3) is 4.24. The quantitative estimate of drug-likeness (QED) is 0.830. The van der Waals surface area contributed by atoms with Crippen LogP contribution in [-0.2, 0) is 11.3 Å². The summed E-state index contributed by atoms with van der Waals surface area (Å²) in [5, 5.41) is 7.07. The van der Waals surface area contributed by atoms with Crippen molar-refractivity contribution in [2.45, 2.75) is 39.0 Å². The summed E-state index contributed by atoms with van der Waals surface area (Å²) in [5.41, 5.74) is 0. The van der Waals surface area contributed by atoms with E-state index in [-0.39, 0.29) is 18.2 Å². The molecule has 106 valence electrons. The summed E-state index contributed by atoms with van der Waals surface area (Å²) in [4.78, 5) is 13.8. The van der Waals surface area contributed by atoms with E-state index in [0.29, 0.717) is 19.6 Å². The molecular formula is C13H22N4O2. The number of aromatic nitrogens is 2. The lowest BCUT2D eigenvalue weighted by Gasteiger charge is -2.35. The maximum Gasteiger partial charge on any atom is 0.317 e. The molecule has 6 heteroatoms. The first-order chi connectivity index (χ1) is 9.15. The summed E-state index contributed by atoms with van der Waals surface area (Å²) in [6.07, 6.45) is 4.78. The number of ether oxygens (including phenoxy) is 1. The fourth-order valence-corrected chi connectivity index (χ4v) is 2.32. The van der Waals surface area contributed by atoms with Crippen molar-refractivity contribution in [1.29, 1.82) is 0 Å². The number of nitrogens with zero attached hydrogens (tertiary/aromatic N) is 3. The summed E-state index contributed by atoms with van der Waals surface area (Å²) in [5.74, 6) is 0. The zero-order chi connectivity index (χ0) is 13.7. The monoisotopic (exact) mass is 266 g/mol. The topological polar surface area (TPSA) is 59.4 Å². The molecule has 1 aromatic rings. The average molecular weight is 266 g/mol. The Morgan fingerprint density at radius 2 is 2.16 bits per heavy atom. The van der Waals surface area contributed by atoms with E-state index in [2.05, 4.69) is 10.4 Å². The Hall–Kier alpha value is -1.56. The highest BCUT2D eigenvalue weighted by molar-refractivity contribution is 5.74. The molecular weight excluding hydrogens is 244 g/mol. The SMILES string of the molecule is C[C@@H]1CN(C(=O)NCCCn2cccn2)C[C@@H](C)O1. The van der Waals surface area contributed by atoms with Crippen LogP contribution in [0.15, 0.2) is 18.5 Å². The molecule has 1 aliphatic rings. The fraction of sp³-hybridized carbons (Fsp3) is 0.692. The second-order valence-corrected chi connectivity index (χ2v) is 5.02. The van der Waals surface area contributed by atoms with E-state index in [0.717, 1.165) is 13.0 Å². The van der Waals surface area contributed by atoms with Gasteiger partial charge in [0.2, 0.25) is 0 Å². The highest BCUT2D eigenvalue weighted by atomic mass is 16.5. The van der Waals surface area contributed by atoms with Crippen molar-refractivity contribution in [2.24, 2.45) is 0 Å². The number of rotatable bonds is 4. The molecule has 0 saturated carbocycles. The lowest BCUT2D eigenvalue weighted by Crippen LogP contribution is -2.51. The molecule has 2 rings (SSSR count). The van der Waals surface area contributed by atoms with E-state index in [4.69, 9.17) is 4.74 Å². The number of urea groups is 1. The van der Waals surface area contributed by atoms with Gasteiger partial charge in [0.1, 0.15) is 0 Å². The molecule has 2 heterocycles. The van der Waals surface area contributed by atoms with Gasteiger partial charge in [0, 0.05) is 38.6 Å². The van der Waals surface area contributed by atoms with Crippen LogP contribution in [0.4, 0.5) is 4.79 Å². The predicted molar refractivity (Wildman–Crippen MR) is 71.8 cm³/mol. The molecule has 1 saturated heterocycles. The molecule has 0 spiro atoms. The van der Waals surface area contributed by atoms with Crippen LogP contribution in [0.3, 0.4) is 0 Å². The van der Waals surface area contributed by atoms with Crippen LogP contribution in [0.1, 0.15) is 20.3 Å². The van der Waals surface area contributed by atoms with Crippen LogP contribution < -0.4 is 5.32 Å². The van der Waals surface area contributed by atoms with Gasteiger partial charge in [-0.3, -0.25) is 4.68 Å². The smallest absolute Gasteiger partial charge is 0.317 e. The number of hydrogen-bond acceptors (Lipinski definition) is 3. The van der Waals surface area contributed by atoms with E-state index in [9.17, 15) is 4.79 Å². The first kappa shape index (κ1) is 13.9. The maximum atomic E-state index is 12.0. The van der Waals surface area contributed by atoms with E-state index in [1.807, 2.05) is 35.7 Å². The first-order valence-electron chi connectivity index (χ1n) is 6.81. The Kier molecular flexibility index (Phi) is 4.79. The average Bonchev–Trinajstić information content (AvgIpc) is 2.86. The normalized spacial score (nSPS) is 23.4. The highest BCUT2D eigenvalue weighted by Gasteiger charge is 2.25. The third-order valence-corrected chi connectivity index (χ3v) is 3.11. The van der Waals surface area contributed by atoms with Crippen molar-refractivity contribution in [3.8, 4) is 0 Å². The molecule has 6 nitrogen and oxygen atoms in total. The molecule has 1 N–H and O–H groups in total. The standard InChI is InChI=1S/C13H22N4O2/c1-11-9-16(10-12(2)19-11)13(18)14-5-3-7-17-8-4-6-15-17/h4,6,8,11-12H,3,5,7,9-10H2,1-2H3,(H,14,18)/t11-,12-/m1/s1. The molecule has 0 aromatic carbocycles. The lowest BCUT2D eigenvalue weighted by atomic mass is 10.2. The van der Waals surface area contributed by atoms with E-state index in [1.165, 1.54) is 0 Å². The van der Waals surface area contributed by atoms with Crippen molar-refractivity contribution in [2.75, 3.05) is 19.6 Å². The van der Waals surface area contributed by atoms with Crippen molar-refractivity contribution in [1.82, 2.24) is 20.0 Å². The number of nitrogens with one attached hydrogen (secondary N) is 1. The molecule has 1 aromatic heterocycles. The van der Waals surface area contributed by atoms with Gasteiger partial charge < -0.3 is 15.0 Å². The van der Waals surface area contributed by atoms with Crippen LogP contribution in [0.5, 0.6) is 0 Å². The number of aryl methyl sites for hydroxylation is 1. The minimum atomic E-state index is 0.00228. The summed E-state index contributed by atoms with van der Waals surface area (Å²) in [6.45, 7) is 6.80. The van der Waals surface area contributed by atoms with Crippen LogP contribution in [-0.4, -0.2) is 52.6 Å². The van der Waals surface area contributed by atoms with Crippen LogP contribution in [0.2, 0.25) is 0 Å². The van der Waals surface area contributed by atoms with Gasteiger partial charge in [-0.05, 0) is 26.3 Å². The Labute approximate surface area is 113 Å². The molecule has 0 aliphatic carbocycles. The van der Waals surface area contributed by atoms with Gasteiger partial charge in [-0.1, -0.05) is 0 Å². The van der Waals surface area contributed by atoms with E-state index < -0.39 is 0 Å². The van der Waals surface area contributed by atoms with Crippen LogP contribution in [0.25, 0.3) is 0 Å². The van der Waals surface area contributed by atoms with Gasteiger partial charge in [-0.15, -0.1) is 0 Å². The maximum absolute atomic E-state index is 12.0. The Morgan fingerprint density at radius 3 is 2.79 bits per heavy atom. The Bertz CT molecular complexity index is 383. The van der Waals surface area contributed by atoms with Crippen LogP contribution in [0, 0.1) is 0 Å². The molecule has 19 heavy (non-hydrogen) atoms. The summed E-state index contributed by atoms with van der Waals surface area (Å²) in [7, 11) is 0. The van der Waals surface area contributed by atoms with Gasteiger partial charge in [0.05, 0.1) is 12.2 Å². The molecule has 2 atom stereocenters. The zero-order valence-electron chi connectivity index (χ0n) is 11.6. The van der Waals surface area contributed by atoms with E-state index in [1.54, 1.807) is 6.20 Å². The molecule has 2 amide bonds. The number of hydrogen-bond donors (Lipinski definition) is 1. The van der Waals surface area contributed by atoms with Crippen molar-refractivity contribution < 1.29 is 9.53 Å². The number of morpholine rings is 1. The minimum Gasteiger partial charge on any atom is -0.372 e. The number of carbonyl (C=O) groups excluding carboxylic acids is 1. The fourth-order valence-electron chi connectivity index (χ4n) is 2.32. The van der Waals surface area contributed by atoms with Crippen molar-refractivity contribution in [3.63, 3.8) is 0 Å². The first-order valence-corrected chi connectivity index (χ1v) is 6.81. The Morgan fingerprint density at radius 1 is 1.42 bits per heavy atom. The number of carbonyl (C=O) groups is 1. The second-order valence-electron chi connectivity index (χ2n) is 5.02. The minimum absolute atomic E-state index is 0.00228. The summed E-state index contributed by atoms with van der Waals surface area (Å²) in [6, 6.07) is 1.90. The largest absolute Gasteiger partial charge is 0.372 e. The predicted octanol–water partition coefficient (Wildman–Crippen LogP) is 1.09. The molecule has 0 unspecified atom stereocenters. The molecule has 0 radical (unpaired) electrons. The van der Waals surface area contributed by atoms with Gasteiger partial charge in [0.25, 0.3) is 0 Å². The van der Waals surface area contributed by atoms with Gasteiger partial charge in [-0.25, -0.2) is 4.79 Å². The summed E-state index contributed by atoms with van der Waals surface area (Å²) < 4.78 is 7.47. The Balaban J connectivity index is 1.66. The highest BCUT2D eigenvalue weighted by Crippen LogP contribution is 2.10. The summed E-state index contributed by atoms with van der Waals surface area (Å²) >= 11 is 0. The molecule has 1 fully saturated rings. The van der Waals surface area contributed by atoms with E-state index >= 15 is 0 Å². The number of amides is 2. The van der Waals surface area contributed by atoms with Gasteiger partial charge in [-0.2, -0.15) is 5.10 Å². The second kappa shape index (κ2) is 6.56. The zero-order valence-corrected chi connectivity index (χ0v) is 11.6. The van der Waals surface area contributed by atoms with Crippen LogP contribution >= 0.6 is 0 Å². The molecule has 0 bridgehead atoms. The molecule has 1 aliphatic heterocycles. The van der Waals surface area contributed by atoms with Crippen molar-refractivity contribution >= 4 is 6.03 Å². The van der Waals surface area contributed by atoms with Gasteiger partial charge in [0.15, 0.2) is 0 Å². The lowest BCUT2D eigenvalue weighted by molar-refractivity contribution is -0.0545. The van der Waals surface area contributed by atoms with Crippen molar-refractivity contribution in [3.05, 3.63) is 18.5 Å². The third-order valence-electron chi connectivity index (χ3n) is 3.11.